The minimum atomic E-state index is -0.281. The molecule has 2 aromatic rings. The number of rotatable bonds is 5. The number of aryl methyl sites for hydroxylation is 2. The van der Waals surface area contributed by atoms with Crippen molar-refractivity contribution in [2.45, 2.75) is 26.4 Å². The van der Waals surface area contributed by atoms with Crippen LogP contribution in [0.2, 0.25) is 0 Å². The molecule has 20 heavy (non-hydrogen) atoms. The van der Waals surface area contributed by atoms with E-state index in [2.05, 4.69) is 5.10 Å². The Labute approximate surface area is 119 Å². The smallest absolute Gasteiger partial charge is 0.127 e. The normalized spacial score (nSPS) is 12.2. The topological polar surface area (TPSA) is 62.3 Å². The van der Waals surface area contributed by atoms with Crippen molar-refractivity contribution in [2.24, 2.45) is 5.73 Å². The predicted molar refractivity (Wildman–Crippen MR) is 78.2 cm³/mol. The highest BCUT2D eigenvalue weighted by molar-refractivity contribution is 5.45. The van der Waals surface area contributed by atoms with Gasteiger partial charge in [-0.2, -0.15) is 5.10 Å². The van der Waals surface area contributed by atoms with Crippen LogP contribution in [0.3, 0.4) is 0 Å². The van der Waals surface area contributed by atoms with Crippen LogP contribution in [-0.4, -0.2) is 24.0 Å². The van der Waals surface area contributed by atoms with Gasteiger partial charge < -0.3 is 15.2 Å². The van der Waals surface area contributed by atoms with E-state index in [9.17, 15) is 0 Å². The molecule has 1 atom stereocenters. The lowest BCUT2D eigenvalue weighted by atomic mass is 10.0. The van der Waals surface area contributed by atoms with E-state index in [1.54, 1.807) is 14.2 Å². The van der Waals surface area contributed by atoms with Gasteiger partial charge >= 0.3 is 0 Å². The molecule has 0 spiro atoms. The van der Waals surface area contributed by atoms with Gasteiger partial charge in [-0.3, -0.25) is 4.68 Å². The maximum Gasteiger partial charge on any atom is 0.127 e. The fraction of sp³-hybridized carbons (Fsp3) is 0.400. The summed E-state index contributed by atoms with van der Waals surface area (Å²) in [7, 11) is 3.26. The number of nitrogens with two attached hydrogens (primary N) is 1. The highest BCUT2D eigenvalue weighted by Crippen LogP contribution is 2.31. The largest absolute Gasteiger partial charge is 0.497 e. The van der Waals surface area contributed by atoms with Gasteiger partial charge in [0.05, 0.1) is 31.6 Å². The Hall–Kier alpha value is -2.01. The Morgan fingerprint density at radius 3 is 2.60 bits per heavy atom. The lowest BCUT2D eigenvalue weighted by Gasteiger charge is -2.17. The Morgan fingerprint density at radius 1 is 1.25 bits per heavy atom. The molecule has 0 bridgehead atoms. The van der Waals surface area contributed by atoms with Crippen LogP contribution in [0.1, 0.15) is 29.9 Å². The number of aromatic nitrogens is 2. The first-order valence-corrected chi connectivity index (χ1v) is 6.62. The highest BCUT2D eigenvalue weighted by atomic mass is 16.5. The van der Waals surface area contributed by atoms with Gasteiger partial charge in [-0.1, -0.05) is 0 Å². The van der Waals surface area contributed by atoms with Gasteiger partial charge in [0.25, 0.3) is 0 Å². The minimum absolute atomic E-state index is 0.281. The predicted octanol–water partition coefficient (Wildman–Crippen LogP) is 2.28. The van der Waals surface area contributed by atoms with E-state index in [-0.39, 0.29) is 6.04 Å². The third-order valence-electron chi connectivity index (χ3n) is 3.33. The molecule has 2 rings (SSSR count). The Balaban J connectivity index is 2.44. The van der Waals surface area contributed by atoms with Crippen LogP contribution in [0.15, 0.2) is 24.3 Å². The quantitative estimate of drug-likeness (QED) is 0.909. The summed E-state index contributed by atoms with van der Waals surface area (Å²) in [6, 6.07) is 7.39. The average molecular weight is 275 g/mol. The van der Waals surface area contributed by atoms with Gasteiger partial charge in [0.15, 0.2) is 0 Å². The third kappa shape index (κ3) is 2.63. The van der Waals surface area contributed by atoms with Gasteiger partial charge in [0, 0.05) is 18.2 Å². The summed E-state index contributed by atoms with van der Waals surface area (Å²) in [4.78, 5) is 0. The average Bonchev–Trinajstić information content (AvgIpc) is 2.86. The van der Waals surface area contributed by atoms with Crippen molar-refractivity contribution in [3.63, 3.8) is 0 Å². The Kier molecular flexibility index (Phi) is 4.29. The molecule has 1 aromatic heterocycles. The molecule has 0 saturated heterocycles. The van der Waals surface area contributed by atoms with Crippen molar-refractivity contribution in [3.8, 4) is 11.5 Å². The first kappa shape index (κ1) is 14.4. The van der Waals surface area contributed by atoms with Crippen molar-refractivity contribution in [3.05, 3.63) is 41.2 Å². The van der Waals surface area contributed by atoms with Crippen molar-refractivity contribution in [1.29, 1.82) is 0 Å². The van der Waals surface area contributed by atoms with Crippen LogP contribution >= 0.6 is 0 Å². The van der Waals surface area contributed by atoms with Gasteiger partial charge in [0.2, 0.25) is 0 Å². The molecule has 0 amide bonds. The molecule has 2 N–H and O–H groups in total. The molecule has 1 aromatic carbocycles. The van der Waals surface area contributed by atoms with Crippen LogP contribution in [0, 0.1) is 6.92 Å². The van der Waals surface area contributed by atoms with Gasteiger partial charge in [0.1, 0.15) is 11.5 Å². The third-order valence-corrected chi connectivity index (χ3v) is 3.33. The minimum Gasteiger partial charge on any atom is -0.497 e. The molecule has 0 aliphatic rings. The molecule has 108 valence electrons. The van der Waals surface area contributed by atoms with E-state index in [1.807, 2.05) is 42.8 Å². The molecule has 0 aliphatic heterocycles. The fourth-order valence-corrected chi connectivity index (χ4v) is 2.30. The number of ether oxygens (including phenoxy) is 2. The van der Waals surface area contributed by atoms with Crippen LogP contribution in [0.4, 0.5) is 0 Å². The SMILES string of the molecule is CCn1nc(C)cc1C(N)c1ccc(OC)cc1OC. The van der Waals surface area contributed by atoms with E-state index in [0.717, 1.165) is 35.0 Å². The molecule has 0 radical (unpaired) electrons. The number of nitrogens with zero attached hydrogens (tertiary/aromatic N) is 2. The van der Waals surface area contributed by atoms with E-state index in [4.69, 9.17) is 15.2 Å². The van der Waals surface area contributed by atoms with Crippen molar-refractivity contribution < 1.29 is 9.47 Å². The molecule has 1 heterocycles. The molecule has 0 fully saturated rings. The first-order valence-electron chi connectivity index (χ1n) is 6.62. The molecule has 1 unspecified atom stereocenters. The van der Waals surface area contributed by atoms with Crippen LogP contribution in [0.25, 0.3) is 0 Å². The molecule has 0 saturated carbocycles. The van der Waals surface area contributed by atoms with Gasteiger partial charge in [-0.25, -0.2) is 0 Å². The molecular weight excluding hydrogens is 254 g/mol. The molecule has 5 heteroatoms. The van der Waals surface area contributed by atoms with E-state index in [0.29, 0.717) is 0 Å². The lowest BCUT2D eigenvalue weighted by Crippen LogP contribution is -2.18. The summed E-state index contributed by atoms with van der Waals surface area (Å²) in [5.74, 6) is 1.47. The second-order valence-corrected chi connectivity index (χ2v) is 4.61. The summed E-state index contributed by atoms with van der Waals surface area (Å²) < 4.78 is 12.5. The zero-order valence-electron chi connectivity index (χ0n) is 12.4. The standard InChI is InChI=1S/C15H21N3O2/c1-5-18-13(8-10(2)17-18)15(16)12-7-6-11(19-3)9-14(12)20-4/h6-9,15H,5,16H2,1-4H3. The van der Waals surface area contributed by atoms with Crippen LogP contribution in [-0.2, 0) is 6.54 Å². The second kappa shape index (κ2) is 5.96. The monoisotopic (exact) mass is 275 g/mol. The van der Waals surface area contributed by atoms with E-state index in [1.165, 1.54) is 0 Å². The maximum atomic E-state index is 6.39. The van der Waals surface area contributed by atoms with Crippen molar-refractivity contribution >= 4 is 0 Å². The lowest BCUT2D eigenvalue weighted by molar-refractivity contribution is 0.389. The van der Waals surface area contributed by atoms with Crippen LogP contribution < -0.4 is 15.2 Å². The summed E-state index contributed by atoms with van der Waals surface area (Å²) in [5, 5.41) is 4.44. The van der Waals surface area contributed by atoms with Gasteiger partial charge in [-0.05, 0) is 32.0 Å². The highest BCUT2D eigenvalue weighted by Gasteiger charge is 2.19. The summed E-state index contributed by atoms with van der Waals surface area (Å²) >= 11 is 0. The van der Waals surface area contributed by atoms with Crippen LogP contribution in [0.5, 0.6) is 11.5 Å². The number of hydrogen-bond acceptors (Lipinski definition) is 4. The number of benzene rings is 1. The molecule has 0 aliphatic carbocycles. The zero-order valence-corrected chi connectivity index (χ0v) is 12.4. The molecular formula is C15H21N3O2. The second-order valence-electron chi connectivity index (χ2n) is 4.61. The summed E-state index contributed by atoms with van der Waals surface area (Å²) in [6.45, 7) is 4.80. The van der Waals surface area contributed by atoms with Crippen molar-refractivity contribution in [2.75, 3.05) is 14.2 Å². The maximum absolute atomic E-state index is 6.39. The fourth-order valence-electron chi connectivity index (χ4n) is 2.30. The zero-order chi connectivity index (χ0) is 14.7. The molecule has 5 nitrogen and oxygen atoms in total. The summed E-state index contributed by atoms with van der Waals surface area (Å²) in [6.07, 6.45) is 0. The Bertz CT molecular complexity index is 593. The summed E-state index contributed by atoms with van der Waals surface area (Å²) in [5.41, 5.74) is 9.25. The van der Waals surface area contributed by atoms with E-state index < -0.39 is 0 Å². The van der Waals surface area contributed by atoms with E-state index >= 15 is 0 Å². The van der Waals surface area contributed by atoms with Crippen molar-refractivity contribution in [1.82, 2.24) is 9.78 Å². The number of hydrogen-bond donors (Lipinski definition) is 1. The first-order chi connectivity index (χ1) is 9.60. The van der Waals surface area contributed by atoms with Gasteiger partial charge in [-0.15, -0.1) is 0 Å². The Morgan fingerprint density at radius 2 is 2.00 bits per heavy atom. The number of methoxy groups -OCH3 is 2.